The molecule has 0 bridgehead atoms. The topological polar surface area (TPSA) is 35.0 Å². The molecular formula is C20H21BrN2OS. The molecule has 0 radical (unpaired) electrons. The van der Waals surface area contributed by atoms with E-state index in [9.17, 15) is 0 Å². The molecule has 0 aliphatic carbocycles. The largest absolute Gasteiger partial charge is 0.362 e. The van der Waals surface area contributed by atoms with Crippen LogP contribution in [0.15, 0.2) is 48.7 Å². The molecule has 3 aromatic rings. The molecule has 0 aliphatic heterocycles. The van der Waals surface area contributed by atoms with E-state index < -0.39 is 0 Å². The van der Waals surface area contributed by atoms with Crippen molar-refractivity contribution in [3.8, 4) is 10.6 Å². The highest BCUT2D eigenvalue weighted by atomic mass is 79.9. The maximum atomic E-state index is 5.92. The highest BCUT2D eigenvalue weighted by Gasteiger charge is 2.14. The molecule has 5 heteroatoms. The first-order valence-corrected chi connectivity index (χ1v) is 10.1. The number of nitrogens with zero attached hydrogens (tertiary/aromatic N) is 2. The Labute approximate surface area is 161 Å². The van der Waals surface area contributed by atoms with Gasteiger partial charge >= 0.3 is 0 Å². The Kier molecular flexibility index (Phi) is 6.34. The van der Waals surface area contributed by atoms with Gasteiger partial charge in [-0.3, -0.25) is 4.98 Å². The summed E-state index contributed by atoms with van der Waals surface area (Å²) in [4.78, 5) is 10.4. The minimum absolute atomic E-state index is 0.0247. The van der Waals surface area contributed by atoms with E-state index in [1.165, 1.54) is 10.4 Å². The number of halogens is 1. The van der Waals surface area contributed by atoms with Crippen LogP contribution in [0.25, 0.3) is 10.6 Å². The quantitative estimate of drug-likeness (QED) is 0.473. The Morgan fingerprint density at radius 2 is 2.00 bits per heavy atom. The van der Waals surface area contributed by atoms with Crippen LogP contribution >= 0.6 is 27.3 Å². The number of rotatable bonds is 7. The lowest BCUT2D eigenvalue weighted by Crippen LogP contribution is -2.08. The van der Waals surface area contributed by atoms with E-state index in [-0.39, 0.29) is 5.01 Å². The third-order valence-electron chi connectivity index (χ3n) is 3.94. The van der Waals surface area contributed by atoms with Gasteiger partial charge in [0.1, 0.15) is 10.0 Å². The highest BCUT2D eigenvalue weighted by molar-refractivity contribution is 9.09. The van der Waals surface area contributed by atoms with Crippen molar-refractivity contribution in [1.82, 2.24) is 9.97 Å². The molecule has 25 heavy (non-hydrogen) atoms. The van der Waals surface area contributed by atoms with Gasteiger partial charge in [0.25, 0.3) is 0 Å². The number of alkyl halides is 1. The molecule has 0 amide bonds. The molecule has 0 aliphatic rings. The second-order valence-electron chi connectivity index (χ2n) is 5.83. The van der Waals surface area contributed by atoms with Crippen LogP contribution < -0.4 is 0 Å². The van der Waals surface area contributed by atoms with Crippen molar-refractivity contribution in [2.75, 3.05) is 0 Å². The Hall–Kier alpha value is -1.56. The number of aromatic nitrogens is 2. The Morgan fingerprint density at radius 1 is 1.20 bits per heavy atom. The average Bonchev–Trinajstić information content (AvgIpc) is 3.01. The SMILES string of the molecule is CCc1cc(-c2nc(C)c(CC(Br)OCc3ccccc3)s2)ccn1. The Bertz CT molecular complexity index is 820. The smallest absolute Gasteiger partial charge is 0.123 e. The van der Waals surface area contributed by atoms with Crippen LogP contribution in [0.1, 0.15) is 28.8 Å². The van der Waals surface area contributed by atoms with E-state index in [1.54, 1.807) is 11.3 Å². The summed E-state index contributed by atoms with van der Waals surface area (Å²) in [5.74, 6) is 0. The van der Waals surface area contributed by atoms with E-state index in [1.807, 2.05) is 30.5 Å². The fourth-order valence-electron chi connectivity index (χ4n) is 2.51. The zero-order valence-electron chi connectivity index (χ0n) is 14.4. The van der Waals surface area contributed by atoms with Gasteiger partial charge in [0.2, 0.25) is 0 Å². The van der Waals surface area contributed by atoms with Crippen molar-refractivity contribution < 1.29 is 4.74 Å². The Balaban J connectivity index is 1.65. The van der Waals surface area contributed by atoms with E-state index in [2.05, 4.69) is 53.0 Å². The molecule has 3 rings (SSSR count). The number of benzene rings is 1. The number of ether oxygens (including phenoxy) is 1. The number of thiazole rings is 1. The van der Waals surface area contributed by atoms with Crippen LogP contribution in [0.3, 0.4) is 0 Å². The summed E-state index contributed by atoms with van der Waals surface area (Å²) in [5.41, 5.74) is 4.49. The summed E-state index contributed by atoms with van der Waals surface area (Å²) >= 11 is 5.37. The number of aryl methyl sites for hydroxylation is 2. The van der Waals surface area contributed by atoms with Gasteiger partial charge in [-0.25, -0.2) is 4.98 Å². The molecule has 0 N–H and O–H groups in total. The molecule has 1 unspecified atom stereocenters. The summed E-state index contributed by atoms with van der Waals surface area (Å²) in [5, 5.41) is 1.02. The van der Waals surface area contributed by atoms with Gasteiger partial charge in [0, 0.05) is 28.8 Å². The fraction of sp³-hybridized carbons (Fsp3) is 0.300. The maximum Gasteiger partial charge on any atom is 0.123 e. The van der Waals surface area contributed by atoms with Gasteiger partial charge in [-0.15, -0.1) is 11.3 Å². The van der Waals surface area contributed by atoms with Crippen LogP contribution in [-0.4, -0.2) is 15.0 Å². The lowest BCUT2D eigenvalue weighted by Gasteiger charge is -2.10. The minimum Gasteiger partial charge on any atom is -0.362 e. The van der Waals surface area contributed by atoms with E-state index in [0.29, 0.717) is 6.61 Å². The fourth-order valence-corrected chi connectivity index (χ4v) is 4.27. The molecule has 0 saturated heterocycles. The molecule has 130 valence electrons. The summed E-state index contributed by atoms with van der Waals surface area (Å²) in [7, 11) is 0. The van der Waals surface area contributed by atoms with Gasteiger partial charge in [-0.1, -0.05) is 53.2 Å². The second kappa shape index (κ2) is 8.70. The standard InChI is InChI=1S/C20H21BrN2OS/c1-3-17-11-16(9-10-22-17)20-23-14(2)18(25-20)12-19(21)24-13-15-7-5-4-6-8-15/h4-11,19H,3,12-13H2,1-2H3. The van der Waals surface area contributed by atoms with Gasteiger partial charge in [-0.05, 0) is 31.0 Å². The van der Waals surface area contributed by atoms with Crippen LogP contribution in [0.4, 0.5) is 0 Å². The zero-order chi connectivity index (χ0) is 17.6. The lowest BCUT2D eigenvalue weighted by molar-refractivity contribution is 0.104. The summed E-state index contributed by atoms with van der Waals surface area (Å²) in [6.45, 7) is 4.78. The van der Waals surface area contributed by atoms with Gasteiger partial charge in [-0.2, -0.15) is 0 Å². The first-order valence-electron chi connectivity index (χ1n) is 8.37. The van der Waals surface area contributed by atoms with Crippen molar-refractivity contribution in [2.45, 2.75) is 38.3 Å². The van der Waals surface area contributed by atoms with Crippen molar-refractivity contribution in [3.63, 3.8) is 0 Å². The van der Waals surface area contributed by atoms with E-state index >= 15 is 0 Å². The van der Waals surface area contributed by atoms with Crippen molar-refractivity contribution in [2.24, 2.45) is 0 Å². The number of pyridine rings is 1. The summed E-state index contributed by atoms with van der Waals surface area (Å²) in [6.07, 6.45) is 3.60. The molecule has 0 saturated carbocycles. The molecule has 1 aromatic carbocycles. The van der Waals surface area contributed by atoms with Crippen LogP contribution in [0.2, 0.25) is 0 Å². The molecule has 0 spiro atoms. The van der Waals surface area contributed by atoms with Gasteiger partial charge < -0.3 is 4.74 Å². The number of hydrogen-bond acceptors (Lipinski definition) is 4. The second-order valence-corrected chi connectivity index (χ2v) is 7.93. The van der Waals surface area contributed by atoms with Crippen molar-refractivity contribution in [3.05, 3.63) is 70.5 Å². The van der Waals surface area contributed by atoms with Crippen LogP contribution in [0.5, 0.6) is 0 Å². The normalized spacial score (nSPS) is 12.3. The van der Waals surface area contributed by atoms with Gasteiger partial charge in [0.15, 0.2) is 0 Å². The zero-order valence-corrected chi connectivity index (χ0v) is 16.8. The minimum atomic E-state index is -0.0247. The maximum absolute atomic E-state index is 5.92. The van der Waals surface area contributed by atoms with Crippen molar-refractivity contribution >= 4 is 27.3 Å². The molecule has 1 atom stereocenters. The van der Waals surface area contributed by atoms with E-state index in [4.69, 9.17) is 9.72 Å². The van der Waals surface area contributed by atoms with Gasteiger partial charge in [0.05, 0.1) is 12.3 Å². The summed E-state index contributed by atoms with van der Waals surface area (Å²) < 4.78 is 5.92. The first kappa shape index (κ1) is 18.2. The monoisotopic (exact) mass is 416 g/mol. The van der Waals surface area contributed by atoms with Crippen molar-refractivity contribution in [1.29, 1.82) is 0 Å². The Morgan fingerprint density at radius 3 is 2.76 bits per heavy atom. The first-order chi connectivity index (χ1) is 12.2. The molecular weight excluding hydrogens is 396 g/mol. The third kappa shape index (κ3) is 4.97. The molecule has 3 nitrogen and oxygen atoms in total. The molecule has 2 heterocycles. The predicted octanol–water partition coefficient (Wildman–Crippen LogP) is 5.56. The lowest BCUT2D eigenvalue weighted by atomic mass is 10.2. The third-order valence-corrected chi connectivity index (χ3v) is 5.75. The predicted molar refractivity (Wildman–Crippen MR) is 107 cm³/mol. The van der Waals surface area contributed by atoms with Crippen LogP contribution in [0, 0.1) is 6.92 Å². The number of hydrogen-bond donors (Lipinski definition) is 0. The summed E-state index contributed by atoms with van der Waals surface area (Å²) in [6, 6.07) is 14.4. The molecule has 2 aromatic heterocycles. The average molecular weight is 417 g/mol. The molecule has 0 fully saturated rings. The van der Waals surface area contributed by atoms with E-state index in [0.717, 1.165) is 34.8 Å². The highest BCUT2D eigenvalue weighted by Crippen LogP contribution is 2.30. The van der Waals surface area contributed by atoms with Crippen LogP contribution in [-0.2, 0) is 24.2 Å².